The van der Waals surface area contributed by atoms with E-state index >= 15 is 0 Å². The maximum atomic E-state index is 13.2. The molecule has 0 aliphatic carbocycles. The molecule has 0 fully saturated rings. The van der Waals surface area contributed by atoms with Crippen LogP contribution in [0.15, 0.2) is 77.7 Å². The molecule has 3 aromatic rings. The molecule has 0 unspecified atom stereocenters. The summed E-state index contributed by atoms with van der Waals surface area (Å²) in [5.41, 5.74) is 2.36. The van der Waals surface area contributed by atoms with E-state index in [9.17, 15) is 13.2 Å². The Balaban J connectivity index is 1.68. The lowest BCUT2D eigenvalue weighted by Crippen LogP contribution is -2.35. The Morgan fingerprint density at radius 3 is 2.36 bits per heavy atom. The van der Waals surface area contributed by atoms with Crippen molar-refractivity contribution in [2.45, 2.75) is 11.8 Å². The second-order valence-corrected chi connectivity index (χ2v) is 10.0. The largest absolute Gasteiger partial charge is 0.490 e. The van der Waals surface area contributed by atoms with E-state index in [-0.39, 0.29) is 10.0 Å². The number of hydrogen-bond donors (Lipinski definition) is 2. The Hall–Kier alpha value is -3.41. The summed E-state index contributed by atoms with van der Waals surface area (Å²) in [5.74, 6) is -0.00401. The molecule has 11 heteroatoms. The van der Waals surface area contributed by atoms with Crippen molar-refractivity contribution in [3.63, 3.8) is 0 Å². The number of thiocarbonyl (C=S) groups is 1. The highest BCUT2D eigenvalue weighted by atomic mass is 32.2. The van der Waals surface area contributed by atoms with Gasteiger partial charge in [-0.05, 0) is 61.6 Å². The number of hydrogen-bond acceptors (Lipinski definition) is 6. The van der Waals surface area contributed by atoms with E-state index in [2.05, 4.69) is 10.6 Å². The van der Waals surface area contributed by atoms with Crippen LogP contribution in [0, 0.1) is 0 Å². The maximum absolute atomic E-state index is 13.2. The van der Waals surface area contributed by atoms with Crippen molar-refractivity contribution in [2.24, 2.45) is 0 Å². The van der Waals surface area contributed by atoms with Crippen molar-refractivity contribution in [2.75, 3.05) is 36.5 Å². The SMILES string of the molecule is Bc1ccc(OCCOC)c(C(=O)NC(=S)Nc2ccc(S(=O)(=O)N(CC)c3ccccc3)cc2)c1. The molecule has 0 saturated carbocycles. The number of para-hydroxylation sites is 1. The van der Waals surface area contributed by atoms with Crippen LogP contribution in [0.3, 0.4) is 0 Å². The lowest BCUT2D eigenvalue weighted by Gasteiger charge is -2.23. The predicted octanol–water partition coefficient (Wildman–Crippen LogP) is 2.31. The predicted molar refractivity (Wildman–Crippen MR) is 149 cm³/mol. The summed E-state index contributed by atoms with van der Waals surface area (Å²) in [4.78, 5) is 13.0. The lowest BCUT2D eigenvalue weighted by atomic mass is 9.94. The van der Waals surface area contributed by atoms with Gasteiger partial charge in [-0.3, -0.25) is 14.4 Å². The topological polar surface area (TPSA) is 97.0 Å². The first-order chi connectivity index (χ1) is 17.3. The van der Waals surface area contributed by atoms with E-state index in [1.165, 1.54) is 16.4 Å². The molecular weight excluding hydrogens is 497 g/mol. The normalized spacial score (nSPS) is 10.9. The van der Waals surface area contributed by atoms with E-state index in [1.807, 2.05) is 20.0 Å². The smallest absolute Gasteiger partial charge is 0.264 e. The van der Waals surface area contributed by atoms with Gasteiger partial charge in [-0.25, -0.2) is 8.42 Å². The summed E-state index contributed by atoms with van der Waals surface area (Å²) in [6, 6.07) is 20.4. The Kier molecular flexibility index (Phi) is 9.46. The standard InChI is InChI=1S/C25H28BN3O5S2/c1-3-29(20-7-5-4-6-8-20)36(31,32)21-12-10-19(11-13-21)27-25(35)28-24(30)22-17-18(26)9-14-23(22)34-16-15-33-2/h4-14,17H,3,15-16,26H2,1-2H3,(H2,27,28,30,35). The van der Waals surface area contributed by atoms with Gasteiger partial charge < -0.3 is 14.8 Å². The third-order valence-electron chi connectivity index (χ3n) is 5.18. The minimum atomic E-state index is -3.74. The molecule has 2 N–H and O–H groups in total. The number of anilines is 2. The molecule has 36 heavy (non-hydrogen) atoms. The first-order valence-electron chi connectivity index (χ1n) is 11.3. The van der Waals surface area contributed by atoms with Gasteiger partial charge in [0.1, 0.15) is 20.2 Å². The molecule has 0 saturated heterocycles. The molecule has 0 aromatic heterocycles. The third-order valence-corrected chi connectivity index (χ3v) is 7.30. The average Bonchev–Trinajstić information content (AvgIpc) is 2.86. The van der Waals surface area contributed by atoms with Crippen LogP contribution in [0.2, 0.25) is 0 Å². The molecule has 188 valence electrons. The van der Waals surface area contributed by atoms with Crippen molar-refractivity contribution < 1.29 is 22.7 Å². The lowest BCUT2D eigenvalue weighted by molar-refractivity contribution is 0.0970. The average molecular weight is 525 g/mol. The van der Waals surface area contributed by atoms with Gasteiger partial charge in [-0.15, -0.1) is 0 Å². The van der Waals surface area contributed by atoms with Gasteiger partial charge in [0.05, 0.1) is 22.8 Å². The number of rotatable bonds is 10. The molecule has 0 radical (unpaired) electrons. The van der Waals surface area contributed by atoms with Gasteiger partial charge in [0.2, 0.25) is 0 Å². The van der Waals surface area contributed by atoms with E-state index in [0.717, 1.165) is 5.46 Å². The second kappa shape index (κ2) is 12.5. The molecule has 0 spiro atoms. The number of nitrogens with one attached hydrogen (secondary N) is 2. The highest BCUT2D eigenvalue weighted by Gasteiger charge is 2.23. The Morgan fingerprint density at radius 1 is 1.03 bits per heavy atom. The number of nitrogens with zero attached hydrogens (tertiary/aromatic N) is 1. The molecule has 0 bridgehead atoms. The molecule has 0 heterocycles. The van der Waals surface area contributed by atoms with E-state index in [0.29, 0.717) is 42.4 Å². The van der Waals surface area contributed by atoms with Crippen molar-refractivity contribution >= 4 is 57.9 Å². The van der Waals surface area contributed by atoms with Gasteiger partial charge in [0.25, 0.3) is 15.9 Å². The highest BCUT2D eigenvalue weighted by Crippen LogP contribution is 2.24. The monoisotopic (exact) mass is 525 g/mol. The minimum absolute atomic E-state index is 0.0689. The molecular formula is C25H28BN3O5S2. The van der Waals surface area contributed by atoms with Crippen molar-refractivity contribution in [1.82, 2.24) is 5.32 Å². The van der Waals surface area contributed by atoms with Crippen LogP contribution < -0.4 is 25.1 Å². The third kappa shape index (κ3) is 6.84. The zero-order chi connectivity index (χ0) is 26.1. The van der Waals surface area contributed by atoms with Crippen LogP contribution >= 0.6 is 12.2 Å². The summed E-state index contributed by atoms with van der Waals surface area (Å²) in [5, 5.41) is 5.62. The van der Waals surface area contributed by atoms with Crippen LogP contribution in [-0.4, -0.2) is 54.2 Å². The van der Waals surface area contributed by atoms with Crippen LogP contribution in [0.5, 0.6) is 5.75 Å². The summed E-state index contributed by atoms with van der Waals surface area (Å²) < 4.78 is 38.3. The molecule has 3 rings (SSSR count). The van der Waals surface area contributed by atoms with E-state index < -0.39 is 15.9 Å². The number of benzene rings is 3. The van der Waals surface area contributed by atoms with Crippen molar-refractivity contribution in [3.05, 3.63) is 78.4 Å². The second-order valence-electron chi connectivity index (χ2n) is 7.78. The zero-order valence-electron chi connectivity index (χ0n) is 20.4. The van der Waals surface area contributed by atoms with Gasteiger partial charge in [-0.1, -0.05) is 35.8 Å². The van der Waals surface area contributed by atoms with E-state index in [1.54, 1.807) is 62.6 Å². The van der Waals surface area contributed by atoms with Crippen LogP contribution in [0.25, 0.3) is 0 Å². The number of carbonyl (C=O) groups excluding carboxylic acids is 1. The van der Waals surface area contributed by atoms with E-state index in [4.69, 9.17) is 21.7 Å². The Bertz CT molecular complexity index is 1300. The van der Waals surface area contributed by atoms with Crippen LogP contribution in [-0.2, 0) is 14.8 Å². The van der Waals surface area contributed by atoms with Gasteiger partial charge in [0.15, 0.2) is 5.11 Å². The first-order valence-corrected chi connectivity index (χ1v) is 13.1. The van der Waals surface area contributed by atoms with Crippen LogP contribution in [0.4, 0.5) is 11.4 Å². The molecule has 0 atom stereocenters. The Labute approximate surface area is 218 Å². The molecule has 8 nitrogen and oxygen atoms in total. The number of sulfonamides is 1. The summed E-state index contributed by atoms with van der Waals surface area (Å²) in [7, 11) is -0.298. The summed E-state index contributed by atoms with van der Waals surface area (Å²) in [6.45, 7) is 2.77. The number of methoxy groups -OCH3 is 1. The van der Waals surface area contributed by atoms with Crippen molar-refractivity contribution in [3.8, 4) is 5.75 Å². The molecule has 1 amide bonds. The molecule has 0 aliphatic rings. The van der Waals surface area contributed by atoms with Gasteiger partial charge >= 0.3 is 0 Å². The van der Waals surface area contributed by atoms with Crippen molar-refractivity contribution in [1.29, 1.82) is 0 Å². The Morgan fingerprint density at radius 2 is 1.72 bits per heavy atom. The number of amides is 1. The zero-order valence-corrected chi connectivity index (χ0v) is 22.0. The van der Waals surface area contributed by atoms with Gasteiger partial charge in [-0.2, -0.15) is 0 Å². The fraction of sp³-hybridized carbons (Fsp3) is 0.200. The number of carbonyl (C=O) groups is 1. The molecule has 3 aromatic carbocycles. The quantitative estimate of drug-likeness (QED) is 0.238. The highest BCUT2D eigenvalue weighted by molar-refractivity contribution is 7.92. The minimum Gasteiger partial charge on any atom is -0.490 e. The fourth-order valence-electron chi connectivity index (χ4n) is 3.44. The summed E-state index contributed by atoms with van der Waals surface area (Å²) in [6.07, 6.45) is 0. The van der Waals surface area contributed by atoms with Gasteiger partial charge in [0, 0.05) is 19.3 Å². The number of ether oxygens (including phenoxy) is 2. The first kappa shape index (κ1) is 27.2. The summed E-state index contributed by atoms with van der Waals surface area (Å²) >= 11 is 5.29. The van der Waals surface area contributed by atoms with Crippen LogP contribution in [0.1, 0.15) is 17.3 Å². The molecule has 0 aliphatic heterocycles. The maximum Gasteiger partial charge on any atom is 0.264 e. The fourth-order valence-corrected chi connectivity index (χ4v) is 5.12.